The predicted molar refractivity (Wildman–Crippen MR) is 304 cm³/mol. The van der Waals surface area contributed by atoms with Gasteiger partial charge in [0.25, 0.3) is 28.9 Å². The molecule has 4 fully saturated rings. The number of carbonyl (C=O) groups excluding carboxylic acids is 3. The van der Waals surface area contributed by atoms with Crippen molar-refractivity contribution in [1.29, 1.82) is 0 Å². The van der Waals surface area contributed by atoms with Gasteiger partial charge >= 0.3 is 18.3 Å². The summed E-state index contributed by atoms with van der Waals surface area (Å²) >= 11 is 25.2. The summed E-state index contributed by atoms with van der Waals surface area (Å²) < 4.78 is 78.9. The fourth-order valence-electron chi connectivity index (χ4n) is 9.45. The summed E-state index contributed by atoms with van der Waals surface area (Å²) in [7, 11) is 6.60. The maximum Gasteiger partial charge on any atom is 0.432 e. The van der Waals surface area contributed by atoms with Crippen LogP contribution in [0, 0.1) is 0 Å². The Morgan fingerprint density at radius 2 is 0.899 bits per heavy atom. The van der Waals surface area contributed by atoms with Crippen LogP contribution in [-0.4, -0.2) is 181 Å². The van der Waals surface area contributed by atoms with Gasteiger partial charge in [-0.3, -0.25) is 24.2 Å². The molecule has 0 bridgehead atoms. The number of rotatable bonds is 12. The number of amides is 3. The molecular weight excluding hydrogens is 1170 g/mol. The molecule has 0 unspecified atom stereocenters. The number of aliphatic hydroxyl groups is 2. The Morgan fingerprint density at radius 3 is 1.22 bits per heavy atom. The van der Waals surface area contributed by atoms with Crippen molar-refractivity contribution < 1.29 is 60.8 Å². The van der Waals surface area contributed by atoms with Crippen molar-refractivity contribution in [2.24, 2.45) is 0 Å². The molecule has 0 radical (unpaired) electrons. The molecule has 4 heterocycles. The molecule has 4 aliphatic heterocycles. The Kier molecular flexibility index (Phi) is 23.8. The van der Waals surface area contributed by atoms with E-state index in [2.05, 4.69) is 25.8 Å². The average Bonchev–Trinajstić information content (AvgIpc) is 3.35. The number of anilines is 2. The summed E-state index contributed by atoms with van der Waals surface area (Å²) in [5.41, 5.74) is -6.48. The Hall–Kier alpha value is -4.40. The highest BCUT2D eigenvalue weighted by molar-refractivity contribution is 7.59. The molecule has 27 heteroatoms. The second-order valence-electron chi connectivity index (χ2n) is 19.6. The molecule has 4 aromatic carbocycles. The molecule has 4 saturated heterocycles. The van der Waals surface area contributed by atoms with Crippen LogP contribution < -0.4 is 16.0 Å². The number of aliphatic carboxylic acids is 1. The topological polar surface area (TPSA) is 181 Å². The van der Waals surface area contributed by atoms with Crippen molar-refractivity contribution in [3.05, 3.63) is 127 Å². The maximum absolute atomic E-state index is 13.9. The van der Waals surface area contributed by atoms with Crippen LogP contribution >= 0.6 is 73.4 Å². The van der Waals surface area contributed by atoms with Crippen molar-refractivity contribution in [3.63, 3.8) is 0 Å². The zero-order chi connectivity index (χ0) is 56.8. The largest absolute Gasteiger partial charge is 0.479 e. The number of likely N-dealkylation sites (tertiary alicyclic amines) is 3. The lowest BCUT2D eigenvalue weighted by molar-refractivity contribution is -0.265. The number of nitrogens with one attached hydrogen (secondary N) is 3. The van der Waals surface area contributed by atoms with Crippen molar-refractivity contribution in [2.75, 3.05) is 91.2 Å². The first kappa shape index (κ1) is 67.1. The molecule has 0 saturated carbocycles. The molecule has 4 aliphatic rings. The van der Waals surface area contributed by atoms with Crippen LogP contribution in [0.2, 0.25) is 20.1 Å². The number of halogens is 10. The summed E-state index contributed by atoms with van der Waals surface area (Å²) in [5, 5.41) is 39.7. The van der Waals surface area contributed by atoms with Crippen molar-refractivity contribution in [3.8, 4) is 0 Å². The molecule has 6 N–H and O–H groups in total. The number of carboxylic acid groups (broad SMARTS) is 1. The molecule has 8 rings (SSSR count). The van der Waals surface area contributed by atoms with Gasteiger partial charge in [0.05, 0.1) is 43.3 Å². The van der Waals surface area contributed by atoms with E-state index in [0.717, 1.165) is 61.0 Å². The number of alkyl halides is 6. The van der Waals surface area contributed by atoms with Crippen molar-refractivity contribution >= 4 is 108 Å². The Morgan fingerprint density at radius 1 is 0.570 bits per heavy atom. The second-order valence-corrected chi connectivity index (χ2v) is 21.2. The fraction of sp³-hybridized carbons (Fsp3) is 0.462. The van der Waals surface area contributed by atoms with Gasteiger partial charge in [0.15, 0.2) is 0 Å². The molecule has 2 atom stereocenters. The van der Waals surface area contributed by atoms with E-state index in [4.69, 9.17) is 51.5 Å². The molecule has 4 aromatic rings. The summed E-state index contributed by atoms with van der Waals surface area (Å²) in [6.07, 6.45) is -6.96. The molecule has 15 nitrogen and oxygen atoms in total. The Bertz CT molecular complexity index is 2680. The quantitative estimate of drug-likeness (QED) is 0.0746. The molecule has 436 valence electrons. The minimum absolute atomic E-state index is 0. The van der Waals surface area contributed by atoms with Gasteiger partial charge in [-0.2, -0.15) is 53.3 Å². The van der Waals surface area contributed by atoms with Crippen molar-refractivity contribution in [1.82, 2.24) is 29.8 Å². The molecule has 0 spiro atoms. The third kappa shape index (κ3) is 15.6. The average molecular weight is 1230 g/mol. The zero-order valence-corrected chi connectivity index (χ0v) is 48.4. The number of carboxylic acids is 1. The van der Waals surface area contributed by atoms with Crippen LogP contribution in [-0.2, 0) is 20.8 Å². The SMILES string of the molecule is CN(C)C(=O)c1c(Cl)cc(NC2CN(C3CCN(C(=O)[C@@](O)(c4ccccc4)C(F)(F)F)CC3)C2)cc1Cl.CN(C)C(=O)c1c(Cl)cc(NC2CN(C3CCNCC3)C2)cc1Cl.O=C(O)[C@@](O)(c1ccccc1)C(F)(F)F.S.S. The molecule has 0 aliphatic carbocycles. The van der Waals surface area contributed by atoms with E-state index in [9.17, 15) is 55.7 Å². The van der Waals surface area contributed by atoms with Crippen LogP contribution in [0.5, 0.6) is 0 Å². The third-order valence-electron chi connectivity index (χ3n) is 13.8. The van der Waals surface area contributed by atoms with E-state index in [0.29, 0.717) is 59.3 Å². The number of carbonyl (C=O) groups is 4. The summed E-state index contributed by atoms with van der Waals surface area (Å²) in [6.45, 7) is 5.95. The van der Waals surface area contributed by atoms with E-state index < -0.39 is 46.6 Å². The van der Waals surface area contributed by atoms with Gasteiger partial charge in [0.1, 0.15) is 0 Å². The molecule has 0 aromatic heterocycles. The number of benzene rings is 4. The number of hydrogen-bond acceptors (Lipinski definition) is 11. The molecule has 79 heavy (non-hydrogen) atoms. The summed E-state index contributed by atoms with van der Waals surface area (Å²) in [6, 6.07) is 20.3. The Balaban J connectivity index is 0.000000280. The number of hydrogen-bond donors (Lipinski definition) is 6. The van der Waals surface area contributed by atoms with Gasteiger partial charge in [-0.05, 0) is 63.0 Å². The highest BCUT2D eigenvalue weighted by Gasteiger charge is 2.63. The van der Waals surface area contributed by atoms with Gasteiger partial charge in [-0.15, -0.1) is 0 Å². The first-order valence-corrected chi connectivity index (χ1v) is 25.9. The minimum atomic E-state index is -5.26. The van der Waals surface area contributed by atoms with E-state index >= 15 is 0 Å². The first-order chi connectivity index (χ1) is 36.1. The van der Waals surface area contributed by atoms with Crippen LogP contribution in [0.3, 0.4) is 0 Å². The van der Waals surface area contributed by atoms with E-state index in [-0.39, 0.29) is 79.6 Å². The van der Waals surface area contributed by atoms with Gasteiger partial charge in [-0.1, -0.05) is 107 Å². The van der Waals surface area contributed by atoms with Crippen LogP contribution in [0.15, 0.2) is 84.9 Å². The standard InChI is InChI=1S/C26H29Cl2F3N4O3.C17H24Cl2N4O.C9H7F3O3.2H2S/c1-33(2)23(36)22-20(27)12-17(13-21(22)28)32-18-14-35(15-18)19-8-10-34(11-9-19)24(37)25(38,26(29,30)31)16-6-4-3-5-7-16;1-22(2)17(24)16-14(18)7-11(8-15(16)19)21-12-9-23(10-12)13-3-5-20-6-4-13;10-9(11,12)8(15,7(13)14)6-4-2-1-3-5-6;;/h3-7,12-13,18-19,32,38H,8-11,14-15H2,1-2H3;7-8,12-13,20-21H,3-6,9-10H2,1-2H3;1-5,15H,(H,13,14);2*1H2/t25-;;8-;;/m0.0../s1. The lowest BCUT2D eigenvalue weighted by atomic mass is 9.89. The monoisotopic (exact) mass is 1230 g/mol. The second kappa shape index (κ2) is 28.1. The smallest absolute Gasteiger partial charge is 0.432 e. The maximum atomic E-state index is 13.9. The van der Waals surface area contributed by atoms with E-state index in [1.54, 1.807) is 52.5 Å². The van der Waals surface area contributed by atoms with Crippen LogP contribution in [0.1, 0.15) is 57.5 Å². The zero-order valence-electron chi connectivity index (χ0n) is 43.4. The van der Waals surface area contributed by atoms with Gasteiger partial charge in [-0.25, -0.2) is 4.79 Å². The predicted octanol–water partition coefficient (Wildman–Crippen LogP) is 8.52. The highest BCUT2D eigenvalue weighted by Crippen LogP contribution is 2.42. The van der Waals surface area contributed by atoms with E-state index in [1.165, 1.54) is 59.0 Å². The third-order valence-corrected chi connectivity index (χ3v) is 15.0. The fourth-order valence-corrected chi connectivity index (χ4v) is 10.8. The van der Waals surface area contributed by atoms with E-state index in [1.807, 2.05) is 0 Å². The van der Waals surface area contributed by atoms with Gasteiger partial charge < -0.3 is 46.0 Å². The normalized spacial score (nSPS) is 18.2. The van der Waals surface area contributed by atoms with Gasteiger partial charge in [0.2, 0.25) is 0 Å². The number of nitrogens with zero attached hydrogens (tertiary/aromatic N) is 5. The number of piperidine rings is 2. The van der Waals surface area contributed by atoms with Crippen LogP contribution in [0.4, 0.5) is 37.7 Å². The summed E-state index contributed by atoms with van der Waals surface area (Å²) in [5.74, 6) is -4.16. The Labute approximate surface area is 488 Å². The molecular formula is C52H64Cl4F6N8O7S2. The lowest BCUT2D eigenvalue weighted by Gasteiger charge is -2.48. The summed E-state index contributed by atoms with van der Waals surface area (Å²) in [4.78, 5) is 56.6. The first-order valence-electron chi connectivity index (χ1n) is 24.4. The van der Waals surface area contributed by atoms with Crippen LogP contribution in [0.25, 0.3) is 0 Å². The highest BCUT2D eigenvalue weighted by atomic mass is 35.5. The molecule has 3 amide bonds. The minimum Gasteiger partial charge on any atom is -0.479 e. The van der Waals surface area contributed by atoms with Gasteiger partial charge in [0, 0.05) is 102 Å². The lowest BCUT2D eigenvalue weighted by Crippen LogP contribution is -2.62. The van der Waals surface area contributed by atoms with Crippen molar-refractivity contribution in [2.45, 2.75) is 73.4 Å².